The minimum absolute atomic E-state index is 0.405. The van der Waals surface area contributed by atoms with E-state index in [0.717, 1.165) is 0 Å². The van der Waals surface area contributed by atoms with Crippen molar-refractivity contribution in [3.8, 4) is 44.5 Å². The molecule has 0 heterocycles. The summed E-state index contributed by atoms with van der Waals surface area (Å²) in [6.07, 6.45) is 0. The van der Waals surface area contributed by atoms with Crippen molar-refractivity contribution in [2.45, 2.75) is 19.8 Å². The standard InChI is InChI=1S/C31H22/c1-18-8-5-11-26-27-15-6-12-23(30(27)19(2)29(18)26)22-16-17-28-21-10-4-3-9-20(21)24-13-7-14-25(22)31(24)28/h3-17,19H,1-2H3. The Balaban J connectivity index is 1.54. The largest absolute Gasteiger partial charge is 0.0616 e. The van der Waals surface area contributed by atoms with Crippen LogP contribution < -0.4 is 0 Å². The molecule has 1 atom stereocenters. The maximum absolute atomic E-state index is 2.37. The molecule has 31 heavy (non-hydrogen) atoms. The van der Waals surface area contributed by atoms with Crippen LogP contribution in [0, 0.1) is 6.92 Å². The van der Waals surface area contributed by atoms with Crippen LogP contribution in [0.1, 0.15) is 29.5 Å². The van der Waals surface area contributed by atoms with Gasteiger partial charge in [-0.1, -0.05) is 97.9 Å². The molecule has 5 aromatic carbocycles. The second-order valence-corrected chi connectivity index (χ2v) is 8.96. The monoisotopic (exact) mass is 394 g/mol. The van der Waals surface area contributed by atoms with Crippen molar-refractivity contribution in [3.63, 3.8) is 0 Å². The molecule has 146 valence electrons. The van der Waals surface area contributed by atoms with Crippen molar-refractivity contribution in [2.75, 3.05) is 0 Å². The van der Waals surface area contributed by atoms with Crippen LogP contribution >= 0.6 is 0 Å². The molecule has 1 unspecified atom stereocenters. The van der Waals surface area contributed by atoms with Gasteiger partial charge in [0.1, 0.15) is 0 Å². The summed E-state index contributed by atoms with van der Waals surface area (Å²) in [6, 6.07) is 33.9. The number of benzene rings is 5. The van der Waals surface area contributed by atoms with Crippen molar-refractivity contribution < 1.29 is 0 Å². The number of rotatable bonds is 1. The highest BCUT2D eigenvalue weighted by atomic mass is 14.3. The second-order valence-electron chi connectivity index (χ2n) is 8.96. The van der Waals surface area contributed by atoms with E-state index in [1.165, 1.54) is 72.0 Å². The van der Waals surface area contributed by atoms with Crippen molar-refractivity contribution in [3.05, 3.63) is 108 Å². The zero-order valence-electron chi connectivity index (χ0n) is 17.7. The van der Waals surface area contributed by atoms with Crippen LogP contribution in [0.4, 0.5) is 0 Å². The van der Waals surface area contributed by atoms with E-state index < -0.39 is 0 Å². The molecule has 2 aliphatic rings. The highest BCUT2D eigenvalue weighted by molar-refractivity contribution is 6.19. The van der Waals surface area contributed by atoms with E-state index in [-0.39, 0.29) is 0 Å². The van der Waals surface area contributed by atoms with Gasteiger partial charge < -0.3 is 0 Å². The third-order valence-corrected chi connectivity index (χ3v) is 7.42. The Morgan fingerprint density at radius 3 is 1.74 bits per heavy atom. The first kappa shape index (κ1) is 17.1. The van der Waals surface area contributed by atoms with Crippen LogP contribution in [0.5, 0.6) is 0 Å². The van der Waals surface area contributed by atoms with Gasteiger partial charge in [0.2, 0.25) is 0 Å². The molecule has 0 N–H and O–H groups in total. The molecule has 0 aromatic heterocycles. The minimum atomic E-state index is 0.405. The van der Waals surface area contributed by atoms with Gasteiger partial charge in [-0.2, -0.15) is 0 Å². The molecule has 5 aromatic rings. The summed E-state index contributed by atoms with van der Waals surface area (Å²) in [7, 11) is 0. The molecule has 0 saturated carbocycles. The van der Waals surface area contributed by atoms with E-state index in [2.05, 4.69) is 105 Å². The average molecular weight is 395 g/mol. The number of aryl methyl sites for hydroxylation is 1. The molecular formula is C31H22. The van der Waals surface area contributed by atoms with Gasteiger partial charge >= 0.3 is 0 Å². The molecule has 0 nitrogen and oxygen atoms in total. The highest BCUT2D eigenvalue weighted by Gasteiger charge is 2.30. The third kappa shape index (κ3) is 2.10. The lowest BCUT2D eigenvalue weighted by Crippen LogP contribution is -1.96. The van der Waals surface area contributed by atoms with Crippen molar-refractivity contribution >= 4 is 10.8 Å². The summed E-state index contributed by atoms with van der Waals surface area (Å²) in [4.78, 5) is 0. The molecule has 0 radical (unpaired) electrons. The normalized spacial score (nSPS) is 15.1. The van der Waals surface area contributed by atoms with E-state index in [0.29, 0.717) is 5.92 Å². The number of fused-ring (bicyclic) bond motifs is 6. The molecule has 0 fully saturated rings. The Morgan fingerprint density at radius 1 is 0.452 bits per heavy atom. The Hall–Kier alpha value is -3.64. The van der Waals surface area contributed by atoms with Crippen LogP contribution in [-0.2, 0) is 0 Å². The molecule has 0 saturated heterocycles. The van der Waals surface area contributed by atoms with E-state index in [1.54, 1.807) is 0 Å². The lowest BCUT2D eigenvalue weighted by atomic mass is 9.87. The quantitative estimate of drug-likeness (QED) is 0.262. The number of hydrogen-bond donors (Lipinski definition) is 0. The van der Waals surface area contributed by atoms with Crippen LogP contribution in [0.2, 0.25) is 0 Å². The molecule has 0 aliphatic heterocycles. The van der Waals surface area contributed by atoms with Gasteiger partial charge in [-0.05, 0) is 78.9 Å². The summed E-state index contributed by atoms with van der Waals surface area (Å²) in [5.41, 5.74) is 15.3. The molecule has 0 heteroatoms. The zero-order valence-corrected chi connectivity index (χ0v) is 17.7. The van der Waals surface area contributed by atoms with Crippen LogP contribution in [-0.4, -0.2) is 0 Å². The van der Waals surface area contributed by atoms with E-state index in [9.17, 15) is 0 Å². The Kier molecular flexibility index (Phi) is 3.28. The van der Waals surface area contributed by atoms with Crippen LogP contribution in [0.3, 0.4) is 0 Å². The third-order valence-electron chi connectivity index (χ3n) is 7.42. The van der Waals surface area contributed by atoms with E-state index >= 15 is 0 Å². The van der Waals surface area contributed by atoms with E-state index in [1.807, 2.05) is 0 Å². The van der Waals surface area contributed by atoms with Gasteiger partial charge in [-0.25, -0.2) is 0 Å². The van der Waals surface area contributed by atoms with Gasteiger partial charge in [-0.15, -0.1) is 0 Å². The van der Waals surface area contributed by atoms with Gasteiger partial charge in [0.25, 0.3) is 0 Å². The minimum Gasteiger partial charge on any atom is -0.0616 e. The summed E-state index contributed by atoms with van der Waals surface area (Å²) in [5.74, 6) is 0.405. The summed E-state index contributed by atoms with van der Waals surface area (Å²) in [5, 5.41) is 2.76. The summed E-state index contributed by atoms with van der Waals surface area (Å²) in [6.45, 7) is 4.62. The molecule has 0 amide bonds. The first-order valence-corrected chi connectivity index (χ1v) is 11.1. The maximum atomic E-state index is 2.37. The first-order chi connectivity index (χ1) is 15.2. The lowest BCUT2D eigenvalue weighted by molar-refractivity contribution is 0.946. The topological polar surface area (TPSA) is 0 Å². The van der Waals surface area contributed by atoms with Gasteiger partial charge in [-0.3, -0.25) is 0 Å². The molecular weight excluding hydrogens is 372 g/mol. The molecule has 7 rings (SSSR count). The van der Waals surface area contributed by atoms with Crippen molar-refractivity contribution in [1.82, 2.24) is 0 Å². The van der Waals surface area contributed by atoms with Crippen LogP contribution in [0.25, 0.3) is 55.3 Å². The smallest absolute Gasteiger partial charge is 0.00820 e. The predicted octanol–water partition coefficient (Wildman–Crippen LogP) is 8.59. The fourth-order valence-electron chi connectivity index (χ4n) is 6.18. The van der Waals surface area contributed by atoms with Gasteiger partial charge in [0, 0.05) is 5.92 Å². The molecule has 0 bridgehead atoms. The maximum Gasteiger partial charge on any atom is 0.00820 e. The lowest BCUT2D eigenvalue weighted by Gasteiger charge is -2.16. The first-order valence-electron chi connectivity index (χ1n) is 11.1. The second kappa shape index (κ2) is 5.95. The van der Waals surface area contributed by atoms with Gasteiger partial charge in [0.15, 0.2) is 0 Å². The highest BCUT2D eigenvalue weighted by Crippen LogP contribution is 2.53. The average Bonchev–Trinajstić information content (AvgIpc) is 3.29. The fourth-order valence-corrected chi connectivity index (χ4v) is 6.18. The number of hydrogen-bond acceptors (Lipinski definition) is 0. The Labute approximate surface area is 182 Å². The van der Waals surface area contributed by atoms with Gasteiger partial charge in [0.05, 0.1) is 0 Å². The van der Waals surface area contributed by atoms with E-state index in [4.69, 9.17) is 0 Å². The zero-order chi connectivity index (χ0) is 20.7. The fraction of sp³-hybridized carbons (Fsp3) is 0.0968. The Morgan fingerprint density at radius 2 is 0.968 bits per heavy atom. The van der Waals surface area contributed by atoms with Crippen molar-refractivity contribution in [2.24, 2.45) is 0 Å². The van der Waals surface area contributed by atoms with Crippen LogP contribution in [0.15, 0.2) is 91.0 Å². The SMILES string of the molecule is Cc1cccc2c1C(C)c1c-2cccc1-c1ccc2c3c(cccc13)-c1ccccc1-2. The molecule has 0 spiro atoms. The Bertz CT molecular complexity index is 1520. The predicted molar refractivity (Wildman–Crippen MR) is 132 cm³/mol. The summed E-state index contributed by atoms with van der Waals surface area (Å²) < 4.78 is 0. The summed E-state index contributed by atoms with van der Waals surface area (Å²) >= 11 is 0. The van der Waals surface area contributed by atoms with Crippen molar-refractivity contribution in [1.29, 1.82) is 0 Å². The molecule has 2 aliphatic carbocycles.